The van der Waals surface area contributed by atoms with Crippen molar-refractivity contribution in [2.45, 2.75) is 49.2 Å². The van der Waals surface area contributed by atoms with Crippen LogP contribution >= 0.6 is 0 Å². The van der Waals surface area contributed by atoms with Crippen LogP contribution in [-0.4, -0.2) is 65.5 Å². The quantitative estimate of drug-likeness (QED) is 0.627. The number of esters is 1. The largest absolute Gasteiger partial charge is 0.462 e. The van der Waals surface area contributed by atoms with Gasteiger partial charge in [0.25, 0.3) is 0 Å². The number of epoxide rings is 1. The Labute approximate surface area is 135 Å². The molecule has 0 saturated carbocycles. The molecule has 0 unspecified atom stereocenters. The van der Waals surface area contributed by atoms with E-state index in [2.05, 4.69) is 11.9 Å². The van der Waals surface area contributed by atoms with E-state index in [0.717, 1.165) is 18.4 Å². The fourth-order valence-corrected chi connectivity index (χ4v) is 4.04. The lowest BCUT2D eigenvalue weighted by atomic mass is 9.97. The van der Waals surface area contributed by atoms with E-state index >= 15 is 0 Å². The zero-order chi connectivity index (χ0) is 15.3. The molecule has 23 heavy (non-hydrogen) atoms. The average molecular weight is 321 g/mol. The molecule has 6 heteroatoms. The topological polar surface area (TPSA) is 93.8 Å². The van der Waals surface area contributed by atoms with Crippen molar-refractivity contribution in [3.63, 3.8) is 0 Å². The Morgan fingerprint density at radius 3 is 2.48 bits per heavy atom. The summed E-state index contributed by atoms with van der Waals surface area (Å²) in [6.07, 6.45) is 2.26. The Kier molecular flexibility index (Phi) is 4.42. The number of aliphatic hydroxyl groups excluding tert-OH is 1. The highest BCUT2D eigenvalue weighted by Gasteiger charge is 2.62. The second kappa shape index (κ2) is 6.20. The molecule has 6 atom stereocenters. The number of rotatable bonds is 4. The average Bonchev–Trinajstić information content (AvgIpc) is 3.27. The van der Waals surface area contributed by atoms with Crippen LogP contribution in [0.5, 0.6) is 0 Å². The van der Waals surface area contributed by atoms with Crippen molar-refractivity contribution < 1.29 is 24.9 Å². The van der Waals surface area contributed by atoms with Gasteiger partial charge in [-0.15, -0.1) is 0 Å². The minimum Gasteiger partial charge on any atom is -0.462 e. The maximum Gasteiger partial charge on any atom is 0.316 e. The predicted molar refractivity (Wildman–Crippen MR) is 83.0 cm³/mol. The van der Waals surface area contributed by atoms with Gasteiger partial charge in [0.15, 0.2) is 0 Å². The van der Waals surface area contributed by atoms with Crippen molar-refractivity contribution in [1.82, 2.24) is 4.90 Å². The number of carbonyl (C=O) groups is 1. The van der Waals surface area contributed by atoms with Crippen LogP contribution in [0.15, 0.2) is 30.3 Å². The Bertz CT molecular complexity index is 547. The predicted octanol–water partition coefficient (Wildman–Crippen LogP) is 0.0934. The minimum atomic E-state index is -0.593. The van der Waals surface area contributed by atoms with Crippen LogP contribution in [0.3, 0.4) is 0 Å². The molecule has 0 radical (unpaired) electrons. The van der Waals surface area contributed by atoms with Crippen molar-refractivity contribution in [1.29, 1.82) is 0 Å². The van der Waals surface area contributed by atoms with Crippen molar-refractivity contribution in [3.8, 4) is 0 Å². The molecule has 126 valence electrons. The van der Waals surface area contributed by atoms with Crippen LogP contribution in [0.1, 0.15) is 24.3 Å². The Balaban J connectivity index is 0.00000156. The van der Waals surface area contributed by atoms with E-state index in [-0.39, 0.29) is 24.2 Å². The van der Waals surface area contributed by atoms with E-state index < -0.39 is 5.92 Å². The van der Waals surface area contributed by atoms with Gasteiger partial charge in [0, 0.05) is 24.9 Å². The zero-order valence-electron chi connectivity index (χ0n) is 13.1. The van der Waals surface area contributed by atoms with Crippen LogP contribution in [0.2, 0.25) is 0 Å². The standard InChI is InChI=1S/C17H21NO4.H2O/c1-18-13-7-11(8-14(18)16-15(13)22-16)21-17(20)12(9-19)10-5-3-2-4-6-10;/h2-6,11-16,19H,7-9H2,1H3;1H2/t11-,12-,13-,14+,15-,16+;/m1./s1. The molecule has 6 nitrogen and oxygen atoms in total. The number of morpholine rings is 1. The molecule has 4 rings (SSSR count). The first-order chi connectivity index (χ1) is 10.7. The highest BCUT2D eigenvalue weighted by Crippen LogP contribution is 2.48. The maximum absolute atomic E-state index is 12.4. The lowest BCUT2D eigenvalue weighted by molar-refractivity contribution is -0.156. The van der Waals surface area contributed by atoms with Crippen LogP contribution < -0.4 is 0 Å². The highest BCUT2D eigenvalue weighted by atomic mass is 16.6. The number of hydrogen-bond donors (Lipinski definition) is 1. The molecule has 3 fully saturated rings. The maximum atomic E-state index is 12.4. The molecule has 0 amide bonds. The molecule has 0 aromatic heterocycles. The van der Waals surface area contributed by atoms with Crippen molar-refractivity contribution in [2.75, 3.05) is 13.7 Å². The van der Waals surface area contributed by atoms with Gasteiger partial charge in [-0.25, -0.2) is 0 Å². The van der Waals surface area contributed by atoms with Crippen LogP contribution in [0.25, 0.3) is 0 Å². The van der Waals surface area contributed by atoms with Gasteiger partial charge in [0.1, 0.15) is 24.2 Å². The van der Waals surface area contributed by atoms with Gasteiger partial charge in [-0.05, 0) is 12.6 Å². The summed E-state index contributed by atoms with van der Waals surface area (Å²) in [4.78, 5) is 14.8. The van der Waals surface area contributed by atoms with Gasteiger partial charge in [-0.1, -0.05) is 30.3 Å². The minimum absolute atomic E-state index is 0. The number of fused-ring (bicyclic) bond motifs is 5. The number of carbonyl (C=O) groups excluding carboxylic acids is 1. The van der Waals surface area contributed by atoms with Crippen LogP contribution in [0, 0.1) is 0 Å². The molecule has 1 aromatic rings. The second-order valence-corrected chi connectivity index (χ2v) is 6.54. The lowest BCUT2D eigenvalue weighted by Crippen LogP contribution is -2.48. The second-order valence-electron chi connectivity index (χ2n) is 6.54. The van der Waals surface area contributed by atoms with Gasteiger partial charge in [0.2, 0.25) is 0 Å². The number of piperidine rings is 1. The molecule has 3 aliphatic heterocycles. The number of ether oxygens (including phenoxy) is 2. The third-order valence-corrected chi connectivity index (χ3v) is 5.33. The van der Waals surface area contributed by atoms with Crippen LogP contribution in [-0.2, 0) is 14.3 Å². The van der Waals surface area contributed by atoms with Gasteiger partial charge < -0.3 is 20.1 Å². The number of benzene rings is 1. The summed E-state index contributed by atoms with van der Waals surface area (Å²) in [5.74, 6) is -0.915. The molecule has 3 saturated heterocycles. The molecule has 1 aromatic carbocycles. The van der Waals surface area contributed by atoms with E-state index in [0.29, 0.717) is 24.3 Å². The monoisotopic (exact) mass is 321 g/mol. The van der Waals surface area contributed by atoms with E-state index in [1.807, 2.05) is 30.3 Å². The van der Waals surface area contributed by atoms with Gasteiger partial charge in [0.05, 0.1) is 6.61 Å². The van der Waals surface area contributed by atoms with Gasteiger partial charge in [-0.2, -0.15) is 0 Å². The number of aliphatic hydroxyl groups is 1. The van der Waals surface area contributed by atoms with Crippen LogP contribution in [0.4, 0.5) is 0 Å². The highest BCUT2D eigenvalue weighted by molar-refractivity contribution is 5.78. The Morgan fingerprint density at radius 1 is 1.30 bits per heavy atom. The first kappa shape index (κ1) is 16.4. The van der Waals surface area contributed by atoms with E-state index in [1.165, 1.54) is 0 Å². The molecular formula is C17H23NO5. The summed E-state index contributed by atoms with van der Waals surface area (Å²) in [6.45, 7) is -0.226. The van der Waals surface area contributed by atoms with E-state index in [9.17, 15) is 9.90 Å². The van der Waals surface area contributed by atoms with E-state index in [4.69, 9.17) is 9.47 Å². The first-order valence-electron chi connectivity index (χ1n) is 7.92. The van der Waals surface area contributed by atoms with Crippen molar-refractivity contribution in [2.24, 2.45) is 0 Å². The smallest absolute Gasteiger partial charge is 0.316 e. The Hall–Kier alpha value is -1.47. The van der Waals surface area contributed by atoms with Gasteiger partial charge in [-0.3, -0.25) is 9.69 Å². The van der Waals surface area contributed by atoms with E-state index in [1.54, 1.807) is 0 Å². The third-order valence-electron chi connectivity index (χ3n) is 5.33. The van der Waals surface area contributed by atoms with Crippen molar-refractivity contribution >= 4 is 5.97 Å². The molecule has 0 spiro atoms. The number of hydrogen-bond acceptors (Lipinski definition) is 5. The molecule has 0 aliphatic carbocycles. The number of nitrogens with zero attached hydrogens (tertiary/aromatic N) is 1. The molecular weight excluding hydrogens is 298 g/mol. The Morgan fingerprint density at radius 2 is 1.91 bits per heavy atom. The fraction of sp³-hybridized carbons (Fsp3) is 0.588. The summed E-state index contributed by atoms with van der Waals surface area (Å²) >= 11 is 0. The van der Waals surface area contributed by atoms with Gasteiger partial charge >= 0.3 is 5.97 Å². The van der Waals surface area contributed by atoms with Crippen molar-refractivity contribution in [3.05, 3.63) is 35.9 Å². The SMILES string of the molecule is CN1[C@@H]2C[C@@H](OC(=O)[C@H](CO)c3ccccc3)C[C@H]1[C@@H]1O[C@@H]12.O. The summed E-state index contributed by atoms with van der Waals surface area (Å²) in [6, 6.07) is 10.1. The summed E-state index contributed by atoms with van der Waals surface area (Å²) < 4.78 is 11.4. The summed E-state index contributed by atoms with van der Waals surface area (Å²) in [5, 5.41) is 9.56. The number of likely N-dealkylation sites (N-methyl/N-ethyl adjacent to an activating group) is 1. The molecule has 2 bridgehead atoms. The lowest BCUT2D eigenvalue weighted by Gasteiger charge is -2.38. The normalized spacial score (nSPS) is 35.8. The summed E-state index contributed by atoms with van der Waals surface area (Å²) in [7, 11) is 2.13. The molecule has 3 heterocycles. The zero-order valence-corrected chi connectivity index (χ0v) is 13.1. The summed E-state index contributed by atoms with van der Waals surface area (Å²) in [5.41, 5.74) is 0.803. The fourth-order valence-electron chi connectivity index (χ4n) is 4.04. The molecule has 3 aliphatic rings. The first-order valence-corrected chi connectivity index (χ1v) is 7.92. The third kappa shape index (κ3) is 2.76. The molecule has 3 N–H and O–H groups in total.